The Balaban J connectivity index is 1.84. The molecule has 0 saturated heterocycles. The molecule has 0 saturated carbocycles. The molecule has 7 nitrogen and oxygen atoms in total. The van der Waals surface area contributed by atoms with Gasteiger partial charge >= 0.3 is 12.1 Å². The number of ether oxygens (including phenoxy) is 1. The minimum absolute atomic E-state index is 0.0615. The number of rotatable bonds is 4. The monoisotopic (exact) mass is 428 g/mol. The minimum Gasteiger partial charge on any atom is -0.482 e. The van der Waals surface area contributed by atoms with Gasteiger partial charge in [0.05, 0.1) is 27.5 Å². The third-order valence-corrected chi connectivity index (χ3v) is 4.35. The number of anilines is 2. The second-order valence-electron chi connectivity index (χ2n) is 6.00. The van der Waals surface area contributed by atoms with Crippen molar-refractivity contribution in [3.63, 3.8) is 0 Å². The van der Waals surface area contributed by atoms with E-state index in [1.165, 1.54) is 18.2 Å². The number of benzene rings is 2. The largest absolute Gasteiger partial charge is 0.482 e. The molecule has 0 fully saturated rings. The van der Waals surface area contributed by atoms with Crippen molar-refractivity contribution in [2.45, 2.75) is 6.18 Å². The molecule has 2 aromatic carbocycles. The lowest BCUT2D eigenvalue weighted by Gasteiger charge is -2.29. The smallest absolute Gasteiger partial charge is 0.416 e. The summed E-state index contributed by atoms with van der Waals surface area (Å²) in [5, 5.41) is 11.2. The maximum Gasteiger partial charge on any atom is 0.416 e. The number of aromatic carboxylic acids is 1. The van der Waals surface area contributed by atoms with Crippen LogP contribution in [0.15, 0.2) is 36.4 Å². The molecular formula is C18H12ClF3N2O5. The number of fused-ring (bicyclic) bond motifs is 1. The molecule has 0 unspecified atom stereocenters. The van der Waals surface area contributed by atoms with Crippen molar-refractivity contribution in [2.24, 2.45) is 0 Å². The number of amides is 2. The first-order valence-electron chi connectivity index (χ1n) is 8.03. The summed E-state index contributed by atoms with van der Waals surface area (Å²) in [4.78, 5) is 36.7. The van der Waals surface area contributed by atoms with Crippen molar-refractivity contribution >= 4 is 40.8 Å². The molecule has 1 aliphatic rings. The highest BCUT2D eigenvalue weighted by Gasteiger charge is 2.32. The maximum atomic E-state index is 12.9. The van der Waals surface area contributed by atoms with Crippen molar-refractivity contribution in [1.29, 1.82) is 0 Å². The highest BCUT2D eigenvalue weighted by molar-refractivity contribution is 6.33. The topological polar surface area (TPSA) is 95.9 Å². The highest BCUT2D eigenvalue weighted by atomic mass is 35.5. The van der Waals surface area contributed by atoms with E-state index in [0.717, 1.165) is 17.0 Å². The summed E-state index contributed by atoms with van der Waals surface area (Å²) in [6.45, 7) is -0.956. The van der Waals surface area contributed by atoms with E-state index in [1.54, 1.807) is 0 Å². The fraction of sp³-hybridized carbons (Fsp3) is 0.167. The van der Waals surface area contributed by atoms with Gasteiger partial charge in [-0.3, -0.25) is 14.5 Å². The Morgan fingerprint density at radius 3 is 2.59 bits per heavy atom. The third-order valence-electron chi connectivity index (χ3n) is 4.02. The Hall–Kier alpha value is -3.27. The molecule has 29 heavy (non-hydrogen) atoms. The Labute approximate surface area is 166 Å². The van der Waals surface area contributed by atoms with E-state index in [9.17, 15) is 27.6 Å². The molecule has 0 aromatic heterocycles. The molecule has 2 aromatic rings. The molecule has 0 bridgehead atoms. The number of nitrogens with zero attached hydrogens (tertiary/aromatic N) is 1. The molecule has 0 atom stereocenters. The van der Waals surface area contributed by atoms with Gasteiger partial charge in [-0.1, -0.05) is 11.6 Å². The zero-order valence-corrected chi connectivity index (χ0v) is 15.2. The van der Waals surface area contributed by atoms with Crippen LogP contribution < -0.4 is 15.0 Å². The summed E-state index contributed by atoms with van der Waals surface area (Å²) in [5.74, 6) is -2.50. The van der Waals surface area contributed by atoms with Gasteiger partial charge in [-0.2, -0.15) is 13.2 Å². The normalized spacial score (nSPS) is 13.5. The molecule has 0 radical (unpaired) electrons. The van der Waals surface area contributed by atoms with Crippen LogP contribution in [0.3, 0.4) is 0 Å². The number of carbonyl (C=O) groups is 3. The predicted octanol–water partition coefficient (Wildman–Crippen LogP) is 3.42. The average Bonchev–Trinajstić information content (AvgIpc) is 2.64. The number of hydrogen-bond acceptors (Lipinski definition) is 4. The number of alkyl halides is 3. The molecule has 3 rings (SSSR count). The van der Waals surface area contributed by atoms with Gasteiger partial charge in [0.2, 0.25) is 5.91 Å². The number of carboxylic acid groups (broad SMARTS) is 1. The summed E-state index contributed by atoms with van der Waals surface area (Å²) in [7, 11) is 0. The summed E-state index contributed by atoms with van der Waals surface area (Å²) < 4.78 is 43.8. The first kappa shape index (κ1) is 20.5. The molecule has 11 heteroatoms. The lowest BCUT2D eigenvalue weighted by Crippen LogP contribution is -2.43. The van der Waals surface area contributed by atoms with Gasteiger partial charge in [-0.25, -0.2) is 4.79 Å². The van der Waals surface area contributed by atoms with Gasteiger partial charge in [0, 0.05) is 0 Å². The van der Waals surface area contributed by atoms with Gasteiger partial charge < -0.3 is 15.2 Å². The Kier molecular flexibility index (Phi) is 5.38. The first-order valence-corrected chi connectivity index (χ1v) is 8.41. The second-order valence-corrected chi connectivity index (χ2v) is 6.40. The fourth-order valence-corrected chi connectivity index (χ4v) is 2.80. The molecule has 152 valence electrons. The number of hydrogen-bond donors (Lipinski definition) is 2. The molecular weight excluding hydrogens is 417 g/mol. The van der Waals surface area contributed by atoms with Crippen LogP contribution in [-0.4, -0.2) is 36.0 Å². The molecule has 1 aliphatic heterocycles. The van der Waals surface area contributed by atoms with Crippen molar-refractivity contribution in [2.75, 3.05) is 23.4 Å². The summed E-state index contributed by atoms with van der Waals surface area (Å²) in [6.07, 6.45) is -4.63. The summed E-state index contributed by atoms with van der Waals surface area (Å²) in [5.41, 5.74) is -1.34. The molecule has 2 N–H and O–H groups in total. The predicted molar refractivity (Wildman–Crippen MR) is 96.3 cm³/mol. The number of carbonyl (C=O) groups excluding carboxylic acids is 2. The van der Waals surface area contributed by atoms with Crippen LogP contribution in [0.1, 0.15) is 15.9 Å². The highest BCUT2D eigenvalue weighted by Crippen LogP contribution is 2.35. The lowest BCUT2D eigenvalue weighted by atomic mass is 10.1. The van der Waals surface area contributed by atoms with E-state index in [4.69, 9.17) is 21.4 Å². The van der Waals surface area contributed by atoms with Gasteiger partial charge in [-0.15, -0.1) is 0 Å². The number of carboxylic acids is 1. The van der Waals surface area contributed by atoms with Crippen LogP contribution >= 0.6 is 11.6 Å². The van der Waals surface area contributed by atoms with Crippen LogP contribution in [0.4, 0.5) is 24.5 Å². The van der Waals surface area contributed by atoms with Crippen LogP contribution in [-0.2, 0) is 15.8 Å². The van der Waals surface area contributed by atoms with E-state index >= 15 is 0 Å². The Bertz CT molecular complexity index is 1010. The zero-order chi connectivity index (χ0) is 21.3. The lowest BCUT2D eigenvalue weighted by molar-refractivity contribution is -0.137. The average molecular weight is 429 g/mol. The van der Waals surface area contributed by atoms with Crippen molar-refractivity contribution in [1.82, 2.24) is 0 Å². The fourth-order valence-electron chi connectivity index (χ4n) is 2.64. The number of halogens is 4. The van der Waals surface area contributed by atoms with E-state index in [2.05, 4.69) is 5.32 Å². The van der Waals surface area contributed by atoms with Gasteiger partial charge in [0.1, 0.15) is 12.3 Å². The van der Waals surface area contributed by atoms with E-state index in [1.807, 2.05) is 0 Å². The van der Waals surface area contributed by atoms with E-state index < -0.39 is 36.1 Å². The SMILES string of the molecule is O=C(CN1C(=O)COc2ccc(C(=O)O)cc21)Nc1cc(C(F)(F)F)ccc1Cl. The first-order chi connectivity index (χ1) is 13.6. The van der Waals surface area contributed by atoms with E-state index in [-0.39, 0.29) is 34.3 Å². The second kappa shape index (κ2) is 7.63. The standard InChI is InChI=1S/C18H12ClF3N2O5/c19-11-3-2-10(18(20,21)22)6-12(11)23-15(25)7-24-13-5-9(17(27)28)1-4-14(13)29-8-16(24)26/h1-6H,7-8H2,(H,23,25)(H,27,28). The molecule has 2 amide bonds. The van der Waals surface area contributed by atoms with Gasteiger partial charge in [-0.05, 0) is 36.4 Å². The van der Waals surface area contributed by atoms with Crippen molar-refractivity contribution in [3.05, 3.63) is 52.5 Å². The maximum absolute atomic E-state index is 12.9. The van der Waals surface area contributed by atoms with Crippen LogP contribution in [0.5, 0.6) is 5.75 Å². The Morgan fingerprint density at radius 1 is 1.21 bits per heavy atom. The van der Waals surface area contributed by atoms with Crippen molar-refractivity contribution < 1.29 is 37.4 Å². The van der Waals surface area contributed by atoms with Gasteiger partial charge in [0.25, 0.3) is 5.91 Å². The van der Waals surface area contributed by atoms with Gasteiger partial charge in [0.15, 0.2) is 6.61 Å². The van der Waals surface area contributed by atoms with Crippen LogP contribution in [0, 0.1) is 0 Å². The van der Waals surface area contributed by atoms with Crippen molar-refractivity contribution in [3.8, 4) is 5.75 Å². The third kappa shape index (κ3) is 4.43. The summed E-state index contributed by atoms with van der Waals surface area (Å²) in [6, 6.07) is 6.23. The zero-order valence-electron chi connectivity index (χ0n) is 14.4. The Morgan fingerprint density at radius 2 is 1.93 bits per heavy atom. The summed E-state index contributed by atoms with van der Waals surface area (Å²) >= 11 is 5.85. The minimum atomic E-state index is -4.63. The number of nitrogens with one attached hydrogen (secondary N) is 1. The molecule has 1 heterocycles. The van der Waals surface area contributed by atoms with E-state index in [0.29, 0.717) is 6.07 Å². The van der Waals surface area contributed by atoms with Crippen LogP contribution in [0.25, 0.3) is 0 Å². The quantitative estimate of drug-likeness (QED) is 0.778. The molecule has 0 aliphatic carbocycles. The van der Waals surface area contributed by atoms with Crippen LogP contribution in [0.2, 0.25) is 5.02 Å². The molecule has 0 spiro atoms.